The van der Waals surface area contributed by atoms with Crippen LogP contribution < -0.4 is 10.9 Å². The van der Waals surface area contributed by atoms with Crippen LogP contribution in [0.1, 0.15) is 52.3 Å². The van der Waals surface area contributed by atoms with Crippen molar-refractivity contribution in [3.63, 3.8) is 0 Å². The van der Waals surface area contributed by atoms with E-state index in [0.29, 0.717) is 27.7 Å². The number of nitrogens with zero attached hydrogens (tertiary/aromatic N) is 3. The van der Waals surface area contributed by atoms with Crippen molar-refractivity contribution in [1.29, 1.82) is 0 Å². The van der Waals surface area contributed by atoms with E-state index in [2.05, 4.69) is 15.4 Å². The van der Waals surface area contributed by atoms with Gasteiger partial charge in [0.1, 0.15) is 9.88 Å². The van der Waals surface area contributed by atoms with Crippen LogP contribution in [0.25, 0.3) is 10.6 Å². The van der Waals surface area contributed by atoms with Gasteiger partial charge in [0.2, 0.25) is 0 Å². The molecule has 0 saturated heterocycles. The molecule has 1 fully saturated rings. The van der Waals surface area contributed by atoms with Crippen molar-refractivity contribution < 1.29 is 4.79 Å². The molecule has 1 saturated carbocycles. The summed E-state index contributed by atoms with van der Waals surface area (Å²) in [7, 11) is 1.63. The Hall–Kier alpha value is -1.67. The van der Waals surface area contributed by atoms with E-state index in [-0.39, 0.29) is 11.5 Å². The van der Waals surface area contributed by atoms with E-state index < -0.39 is 0 Å². The first-order chi connectivity index (χ1) is 12.9. The van der Waals surface area contributed by atoms with E-state index >= 15 is 0 Å². The summed E-state index contributed by atoms with van der Waals surface area (Å²) in [5, 5.41) is 8.54. The number of thioether (sulfide) groups is 1. The molecule has 0 atom stereocenters. The van der Waals surface area contributed by atoms with Gasteiger partial charge in [0.25, 0.3) is 11.5 Å². The largest absolute Gasteiger partial charge is 0.350 e. The molecule has 0 aliphatic heterocycles. The van der Waals surface area contributed by atoms with E-state index in [9.17, 15) is 9.59 Å². The molecule has 0 spiro atoms. The van der Waals surface area contributed by atoms with Crippen molar-refractivity contribution in [3.8, 4) is 10.6 Å². The number of amides is 1. The standard InChI is InChI=1S/C19H26N4O2S2/c1-11-12(2)22-23(4)19(25)15(11)18-21-13(3)16(27-18)17(24)20-9-10-26-14-7-5-6-8-14/h14H,5-10H2,1-4H3,(H,20,24). The van der Waals surface area contributed by atoms with Gasteiger partial charge in [-0.05, 0) is 39.2 Å². The van der Waals surface area contributed by atoms with Crippen LogP contribution in [0, 0.1) is 20.8 Å². The van der Waals surface area contributed by atoms with Crippen molar-refractivity contribution in [2.45, 2.75) is 51.7 Å². The molecule has 0 unspecified atom stereocenters. The van der Waals surface area contributed by atoms with Gasteiger partial charge in [0.05, 0.1) is 17.0 Å². The Balaban J connectivity index is 1.71. The van der Waals surface area contributed by atoms with E-state index in [1.807, 2.05) is 32.5 Å². The van der Waals surface area contributed by atoms with E-state index in [0.717, 1.165) is 22.3 Å². The quantitative estimate of drug-likeness (QED) is 0.745. The first kappa shape index (κ1) is 20.1. The van der Waals surface area contributed by atoms with Crippen LogP contribution in [-0.2, 0) is 7.05 Å². The molecule has 6 nitrogen and oxygen atoms in total. The van der Waals surface area contributed by atoms with E-state index in [4.69, 9.17) is 0 Å². The molecule has 2 heterocycles. The molecule has 1 amide bonds. The number of aryl methyl sites for hydroxylation is 3. The van der Waals surface area contributed by atoms with Crippen LogP contribution in [0.3, 0.4) is 0 Å². The average Bonchev–Trinajstić information content (AvgIpc) is 3.27. The first-order valence-electron chi connectivity index (χ1n) is 9.30. The number of carbonyl (C=O) groups excluding carboxylic acids is 1. The fourth-order valence-electron chi connectivity index (χ4n) is 3.34. The second-order valence-corrected chi connectivity index (χ2v) is 9.39. The predicted octanol–water partition coefficient (Wildman–Crippen LogP) is 3.23. The summed E-state index contributed by atoms with van der Waals surface area (Å²) < 4.78 is 1.33. The molecule has 2 aromatic heterocycles. The smallest absolute Gasteiger partial charge is 0.277 e. The maximum Gasteiger partial charge on any atom is 0.277 e. The minimum atomic E-state index is -0.188. The fourth-order valence-corrected chi connectivity index (χ4v) is 5.64. The van der Waals surface area contributed by atoms with Gasteiger partial charge in [-0.3, -0.25) is 9.59 Å². The van der Waals surface area contributed by atoms with Crippen LogP contribution in [0.2, 0.25) is 0 Å². The molecule has 146 valence electrons. The molecule has 2 aromatic rings. The van der Waals surface area contributed by atoms with Crippen molar-refractivity contribution in [1.82, 2.24) is 20.1 Å². The van der Waals surface area contributed by atoms with Crippen LogP contribution in [0.5, 0.6) is 0 Å². The zero-order chi connectivity index (χ0) is 19.6. The summed E-state index contributed by atoms with van der Waals surface area (Å²) >= 11 is 3.24. The molecule has 1 aliphatic carbocycles. The highest BCUT2D eigenvalue weighted by atomic mass is 32.2. The minimum absolute atomic E-state index is 0.108. The zero-order valence-electron chi connectivity index (χ0n) is 16.3. The highest BCUT2D eigenvalue weighted by molar-refractivity contribution is 7.99. The van der Waals surface area contributed by atoms with Crippen molar-refractivity contribution in [2.24, 2.45) is 7.05 Å². The molecular weight excluding hydrogens is 380 g/mol. The Kier molecular flexibility index (Phi) is 6.37. The Labute approximate surface area is 167 Å². The Morgan fingerprint density at radius 3 is 2.67 bits per heavy atom. The van der Waals surface area contributed by atoms with Gasteiger partial charge in [-0.2, -0.15) is 16.9 Å². The highest BCUT2D eigenvalue weighted by Crippen LogP contribution is 2.30. The highest BCUT2D eigenvalue weighted by Gasteiger charge is 2.21. The number of aromatic nitrogens is 3. The molecule has 3 rings (SSSR count). The number of rotatable bonds is 6. The molecule has 0 bridgehead atoms. The first-order valence-corrected chi connectivity index (χ1v) is 11.2. The SMILES string of the molecule is Cc1nc(-c2c(C)c(C)nn(C)c2=O)sc1C(=O)NCCSC1CCCC1. The molecule has 27 heavy (non-hydrogen) atoms. The third-order valence-corrected chi connectivity index (χ3v) is 7.54. The lowest BCUT2D eigenvalue weighted by Crippen LogP contribution is -2.26. The summed E-state index contributed by atoms with van der Waals surface area (Å²) in [6, 6.07) is 0. The van der Waals surface area contributed by atoms with Gasteiger partial charge in [0, 0.05) is 24.6 Å². The predicted molar refractivity (Wildman–Crippen MR) is 112 cm³/mol. The monoisotopic (exact) mass is 406 g/mol. The number of hydrogen-bond acceptors (Lipinski definition) is 6. The fraction of sp³-hybridized carbons (Fsp3) is 0.579. The third-order valence-electron chi connectivity index (χ3n) is 4.99. The van der Waals surface area contributed by atoms with Gasteiger partial charge >= 0.3 is 0 Å². The van der Waals surface area contributed by atoms with Crippen molar-refractivity contribution in [2.75, 3.05) is 12.3 Å². The zero-order valence-corrected chi connectivity index (χ0v) is 17.9. The number of nitrogens with one attached hydrogen (secondary N) is 1. The maximum absolute atomic E-state index is 12.6. The second-order valence-electron chi connectivity index (χ2n) is 6.98. The summed E-state index contributed by atoms with van der Waals surface area (Å²) in [6.07, 6.45) is 5.27. The molecule has 0 radical (unpaired) electrons. The van der Waals surface area contributed by atoms with E-state index in [1.54, 1.807) is 7.05 Å². The average molecular weight is 407 g/mol. The lowest BCUT2D eigenvalue weighted by molar-refractivity contribution is 0.0959. The maximum atomic E-state index is 12.6. The summed E-state index contributed by atoms with van der Waals surface area (Å²) in [6.45, 7) is 6.21. The molecule has 0 aromatic carbocycles. The van der Waals surface area contributed by atoms with Gasteiger partial charge in [0.15, 0.2) is 0 Å². The third kappa shape index (κ3) is 4.43. The summed E-state index contributed by atoms with van der Waals surface area (Å²) in [5.74, 6) is 0.827. The molecule has 8 heteroatoms. The normalized spacial score (nSPS) is 14.7. The lowest BCUT2D eigenvalue weighted by atomic mass is 10.1. The molecular formula is C19H26N4O2S2. The van der Waals surface area contributed by atoms with Gasteiger partial charge in [-0.15, -0.1) is 11.3 Å². The Morgan fingerprint density at radius 2 is 1.96 bits per heavy atom. The van der Waals surface area contributed by atoms with Crippen LogP contribution >= 0.6 is 23.1 Å². The Bertz CT molecular complexity index is 898. The Morgan fingerprint density at radius 1 is 1.26 bits per heavy atom. The molecule has 1 aliphatic rings. The number of carbonyl (C=O) groups is 1. The second kappa shape index (κ2) is 8.56. The van der Waals surface area contributed by atoms with Crippen LogP contribution in [0.4, 0.5) is 0 Å². The van der Waals surface area contributed by atoms with E-state index in [1.165, 1.54) is 41.7 Å². The lowest BCUT2D eigenvalue weighted by Gasteiger charge is -2.09. The molecule has 1 N–H and O–H groups in total. The van der Waals surface area contributed by atoms with Gasteiger partial charge in [-0.1, -0.05) is 12.8 Å². The summed E-state index contributed by atoms with van der Waals surface area (Å²) in [5.41, 5.74) is 2.61. The number of hydrogen-bond donors (Lipinski definition) is 1. The van der Waals surface area contributed by atoms with Gasteiger partial charge < -0.3 is 5.32 Å². The van der Waals surface area contributed by atoms with Crippen molar-refractivity contribution >= 4 is 29.0 Å². The summed E-state index contributed by atoms with van der Waals surface area (Å²) in [4.78, 5) is 30.2. The van der Waals surface area contributed by atoms with Crippen LogP contribution in [0.15, 0.2) is 4.79 Å². The van der Waals surface area contributed by atoms with Gasteiger partial charge in [-0.25, -0.2) is 9.67 Å². The topological polar surface area (TPSA) is 76.9 Å². The van der Waals surface area contributed by atoms with Crippen molar-refractivity contribution in [3.05, 3.63) is 32.2 Å². The van der Waals surface area contributed by atoms with Crippen LogP contribution in [-0.4, -0.2) is 38.2 Å². The number of thiazole rings is 1. The minimum Gasteiger partial charge on any atom is -0.350 e.